The van der Waals surface area contributed by atoms with E-state index in [1.807, 2.05) is 0 Å². The van der Waals surface area contributed by atoms with E-state index in [0.29, 0.717) is 0 Å². The van der Waals surface area contributed by atoms with Crippen molar-refractivity contribution in [2.24, 2.45) is 5.73 Å². The van der Waals surface area contributed by atoms with Gasteiger partial charge < -0.3 is 21.5 Å². The molecule has 0 aliphatic carbocycles. The van der Waals surface area contributed by atoms with Crippen LogP contribution in [0.25, 0.3) is 0 Å². The Bertz CT molecular complexity index is 370. The van der Waals surface area contributed by atoms with E-state index in [0.717, 1.165) is 0 Å². The van der Waals surface area contributed by atoms with E-state index in [9.17, 15) is 14.4 Å². The number of urea groups is 1. The lowest BCUT2D eigenvalue weighted by Crippen LogP contribution is -2.53. The molecular formula is C10H15N3O4. The van der Waals surface area contributed by atoms with Crippen molar-refractivity contribution in [1.29, 1.82) is 0 Å². The number of hydrogen-bond donors (Lipinski definition) is 4. The highest BCUT2D eigenvalue weighted by Crippen LogP contribution is 1.99. The number of rotatable bonds is 5. The average Bonchev–Trinajstić information content (AvgIpc) is 2.15. The van der Waals surface area contributed by atoms with Gasteiger partial charge in [0.2, 0.25) is 5.91 Å². The molecule has 0 saturated carbocycles. The van der Waals surface area contributed by atoms with E-state index in [4.69, 9.17) is 17.3 Å². The molecule has 0 bridgehead atoms. The summed E-state index contributed by atoms with van der Waals surface area (Å²) in [5.41, 5.74) is 3.94. The molecule has 7 nitrogen and oxygen atoms in total. The van der Waals surface area contributed by atoms with E-state index < -0.39 is 35.9 Å². The third-order valence-electron chi connectivity index (χ3n) is 1.80. The first-order valence-corrected chi connectivity index (χ1v) is 4.75. The van der Waals surface area contributed by atoms with Gasteiger partial charge in [-0.15, -0.1) is 6.42 Å². The second-order valence-corrected chi connectivity index (χ2v) is 3.93. The van der Waals surface area contributed by atoms with Gasteiger partial charge in [0.15, 0.2) is 0 Å². The maximum absolute atomic E-state index is 11.4. The van der Waals surface area contributed by atoms with Crippen LogP contribution in [0.4, 0.5) is 4.79 Å². The van der Waals surface area contributed by atoms with Gasteiger partial charge in [0.05, 0.1) is 12.0 Å². The van der Waals surface area contributed by atoms with Gasteiger partial charge in [-0.3, -0.25) is 4.79 Å². The van der Waals surface area contributed by atoms with Crippen LogP contribution < -0.4 is 16.4 Å². The number of hydrogen-bond acceptors (Lipinski definition) is 3. The molecule has 0 heterocycles. The normalized spacial score (nSPS) is 12.1. The van der Waals surface area contributed by atoms with Crippen LogP contribution in [0.1, 0.15) is 20.3 Å². The number of nitrogens with two attached hydrogens (primary N) is 1. The molecule has 7 heteroatoms. The van der Waals surface area contributed by atoms with E-state index in [1.165, 1.54) is 0 Å². The van der Waals surface area contributed by atoms with Crippen LogP contribution in [0.2, 0.25) is 0 Å². The first-order chi connectivity index (χ1) is 7.68. The van der Waals surface area contributed by atoms with Crippen molar-refractivity contribution in [3.63, 3.8) is 0 Å². The van der Waals surface area contributed by atoms with Crippen molar-refractivity contribution in [3.8, 4) is 12.3 Å². The summed E-state index contributed by atoms with van der Waals surface area (Å²) in [5.74, 6) is 0.130. The van der Waals surface area contributed by atoms with Gasteiger partial charge in [0, 0.05) is 0 Å². The summed E-state index contributed by atoms with van der Waals surface area (Å²) in [6.45, 7) is 3.13. The van der Waals surface area contributed by atoms with Crippen molar-refractivity contribution in [3.05, 3.63) is 0 Å². The Morgan fingerprint density at radius 1 is 1.47 bits per heavy atom. The molecule has 3 amide bonds. The van der Waals surface area contributed by atoms with Crippen LogP contribution in [0.15, 0.2) is 0 Å². The third-order valence-corrected chi connectivity index (χ3v) is 1.80. The fourth-order valence-electron chi connectivity index (χ4n) is 0.916. The fraction of sp³-hybridized carbons (Fsp3) is 0.500. The predicted octanol–water partition coefficient (Wildman–Crippen LogP) is -0.974. The van der Waals surface area contributed by atoms with Gasteiger partial charge in [0.1, 0.15) is 6.04 Å². The monoisotopic (exact) mass is 241 g/mol. The number of nitrogens with one attached hydrogen (secondary N) is 2. The van der Waals surface area contributed by atoms with Crippen molar-refractivity contribution in [2.45, 2.75) is 31.8 Å². The number of terminal acetylenes is 1. The molecule has 0 spiro atoms. The highest BCUT2D eigenvalue weighted by atomic mass is 16.4. The summed E-state index contributed by atoms with van der Waals surface area (Å²) in [6.07, 6.45) is 4.66. The molecule has 0 radical (unpaired) electrons. The third kappa shape index (κ3) is 6.04. The lowest BCUT2D eigenvalue weighted by Gasteiger charge is -2.21. The highest BCUT2D eigenvalue weighted by molar-refractivity contribution is 5.87. The molecule has 0 aromatic rings. The number of amides is 3. The van der Waals surface area contributed by atoms with Crippen molar-refractivity contribution < 1.29 is 19.5 Å². The number of carboxylic acid groups (broad SMARTS) is 1. The van der Waals surface area contributed by atoms with E-state index in [1.54, 1.807) is 13.8 Å². The smallest absolute Gasteiger partial charge is 0.326 e. The molecule has 94 valence electrons. The quantitative estimate of drug-likeness (QED) is 0.462. The molecule has 0 aliphatic rings. The van der Waals surface area contributed by atoms with Crippen LogP contribution in [0.3, 0.4) is 0 Å². The second-order valence-electron chi connectivity index (χ2n) is 3.93. The second kappa shape index (κ2) is 5.75. The first kappa shape index (κ1) is 14.8. The first-order valence-electron chi connectivity index (χ1n) is 4.75. The number of primary amides is 1. The molecule has 0 aromatic carbocycles. The molecule has 0 saturated heterocycles. The van der Waals surface area contributed by atoms with Crippen molar-refractivity contribution >= 4 is 17.9 Å². The Balaban J connectivity index is 4.48. The Morgan fingerprint density at radius 2 is 2.00 bits per heavy atom. The zero-order valence-corrected chi connectivity index (χ0v) is 9.61. The van der Waals surface area contributed by atoms with E-state index in [-0.39, 0.29) is 0 Å². The predicted molar refractivity (Wildman–Crippen MR) is 59.8 cm³/mol. The fourth-order valence-corrected chi connectivity index (χ4v) is 0.916. The minimum Gasteiger partial charge on any atom is -0.480 e. The number of aliphatic carboxylic acids is 1. The number of carbonyl (C=O) groups is 3. The zero-order chi connectivity index (χ0) is 13.6. The van der Waals surface area contributed by atoms with Crippen LogP contribution in [-0.4, -0.2) is 34.6 Å². The molecule has 0 fully saturated rings. The van der Waals surface area contributed by atoms with Gasteiger partial charge in [-0.05, 0) is 13.8 Å². The van der Waals surface area contributed by atoms with Gasteiger partial charge in [-0.1, -0.05) is 5.92 Å². The highest BCUT2D eigenvalue weighted by Gasteiger charge is 2.24. The lowest BCUT2D eigenvalue weighted by molar-refractivity contribution is -0.140. The van der Waals surface area contributed by atoms with Crippen LogP contribution in [0, 0.1) is 12.3 Å². The maximum Gasteiger partial charge on any atom is 0.326 e. The number of carboxylic acids is 1. The summed E-state index contributed by atoms with van der Waals surface area (Å²) in [5, 5.41) is 13.2. The number of carbonyl (C=O) groups excluding carboxylic acids is 2. The molecule has 0 unspecified atom stereocenters. The summed E-state index contributed by atoms with van der Waals surface area (Å²) in [6, 6.07) is -2.15. The Kier molecular flexibility index (Phi) is 4.99. The van der Waals surface area contributed by atoms with Crippen LogP contribution in [-0.2, 0) is 9.59 Å². The molecular weight excluding hydrogens is 226 g/mol. The van der Waals surface area contributed by atoms with Crippen molar-refractivity contribution in [1.82, 2.24) is 10.6 Å². The van der Waals surface area contributed by atoms with Crippen LogP contribution >= 0.6 is 0 Å². The largest absolute Gasteiger partial charge is 0.480 e. The topological polar surface area (TPSA) is 122 Å². The summed E-state index contributed by atoms with van der Waals surface area (Å²) < 4.78 is 0. The van der Waals surface area contributed by atoms with E-state index in [2.05, 4.69) is 16.6 Å². The maximum atomic E-state index is 11.4. The minimum absolute atomic E-state index is 0.487. The van der Waals surface area contributed by atoms with Crippen molar-refractivity contribution in [2.75, 3.05) is 0 Å². The van der Waals surface area contributed by atoms with Gasteiger partial charge in [0.25, 0.3) is 0 Å². The Labute approximate surface area is 98.7 Å². The van der Waals surface area contributed by atoms with Crippen LogP contribution in [0.5, 0.6) is 0 Å². The lowest BCUT2D eigenvalue weighted by atomic mass is 10.1. The molecule has 1 atom stereocenters. The SMILES string of the molecule is C#CC(C)(C)NC(=O)N[C@@H](CC(N)=O)C(=O)O. The zero-order valence-electron chi connectivity index (χ0n) is 9.61. The molecule has 5 N–H and O–H groups in total. The summed E-state index contributed by atoms with van der Waals surface area (Å²) >= 11 is 0. The minimum atomic E-state index is -1.37. The molecule has 17 heavy (non-hydrogen) atoms. The Hall–Kier alpha value is -2.23. The standard InChI is InChI=1S/C10H15N3O4/c1-4-10(2,3)13-9(17)12-6(8(15)16)5-7(11)14/h1,6H,5H2,2-3H3,(H2,11,14)(H,15,16)(H2,12,13,17)/t6-/m0/s1. The molecule has 0 aliphatic heterocycles. The van der Waals surface area contributed by atoms with E-state index >= 15 is 0 Å². The Morgan fingerprint density at radius 3 is 2.35 bits per heavy atom. The summed E-state index contributed by atoms with van der Waals surface area (Å²) in [7, 11) is 0. The van der Waals surface area contributed by atoms with Gasteiger partial charge >= 0.3 is 12.0 Å². The molecule has 0 aromatic heterocycles. The van der Waals surface area contributed by atoms with Gasteiger partial charge in [-0.2, -0.15) is 0 Å². The summed E-state index contributed by atoms with van der Waals surface area (Å²) in [4.78, 5) is 32.7. The average molecular weight is 241 g/mol. The molecule has 0 rings (SSSR count). The van der Waals surface area contributed by atoms with Gasteiger partial charge in [-0.25, -0.2) is 9.59 Å².